The summed E-state index contributed by atoms with van der Waals surface area (Å²) < 4.78 is 6.35. The first-order valence-electron chi connectivity index (χ1n) is 8.18. The molecule has 10 nitrogen and oxygen atoms in total. The molecule has 0 aliphatic carbocycles. The second-order valence-electron chi connectivity index (χ2n) is 5.81. The van der Waals surface area contributed by atoms with E-state index in [1.54, 1.807) is 37.3 Å². The highest BCUT2D eigenvalue weighted by atomic mass is 16.6. The molecule has 0 bridgehead atoms. The van der Waals surface area contributed by atoms with Crippen LogP contribution in [0.3, 0.4) is 0 Å². The number of rotatable bonds is 7. The number of nitrogens with zero attached hydrogens (tertiary/aromatic N) is 4. The first-order chi connectivity index (χ1) is 12.8. The molecule has 0 saturated carbocycles. The SMILES string of the molecule is CCC(C(=O)O)N(C(=O)OCc1ccccc1)c1c([N+](=O)[O-])c(C)nn1C. The Morgan fingerprint density at radius 2 is 2.00 bits per heavy atom. The maximum Gasteiger partial charge on any atom is 0.416 e. The normalized spacial score (nSPS) is 11.7. The molecule has 1 amide bonds. The molecule has 10 heteroatoms. The standard InChI is InChI=1S/C17H20N4O6/c1-4-13(16(22)23)20(15-14(21(25)26)11(2)18-19(15)3)17(24)27-10-12-8-6-5-7-9-12/h5-9,13H,4,10H2,1-3H3,(H,22,23). The number of amides is 1. The van der Waals surface area contributed by atoms with Gasteiger partial charge in [0.1, 0.15) is 18.3 Å². The van der Waals surface area contributed by atoms with Gasteiger partial charge in [-0.1, -0.05) is 37.3 Å². The predicted octanol–water partition coefficient (Wildman–Crippen LogP) is 2.64. The van der Waals surface area contributed by atoms with Crippen LogP contribution in [0.25, 0.3) is 0 Å². The molecule has 144 valence electrons. The van der Waals surface area contributed by atoms with Crippen LogP contribution in [-0.2, 0) is 23.2 Å². The quantitative estimate of drug-likeness (QED) is 0.581. The van der Waals surface area contributed by atoms with Crippen molar-refractivity contribution in [2.75, 3.05) is 4.90 Å². The summed E-state index contributed by atoms with van der Waals surface area (Å²) in [4.78, 5) is 36.0. The van der Waals surface area contributed by atoms with E-state index in [1.165, 1.54) is 14.0 Å². The van der Waals surface area contributed by atoms with E-state index < -0.39 is 28.7 Å². The number of anilines is 1. The van der Waals surface area contributed by atoms with E-state index in [0.717, 1.165) is 9.58 Å². The molecule has 27 heavy (non-hydrogen) atoms. The van der Waals surface area contributed by atoms with Gasteiger partial charge in [0, 0.05) is 7.05 Å². The van der Waals surface area contributed by atoms with E-state index in [9.17, 15) is 24.8 Å². The summed E-state index contributed by atoms with van der Waals surface area (Å²) >= 11 is 0. The minimum atomic E-state index is -1.35. The Balaban J connectivity index is 2.45. The van der Waals surface area contributed by atoms with Gasteiger partial charge in [-0.15, -0.1) is 0 Å². The zero-order valence-corrected chi connectivity index (χ0v) is 15.2. The molecule has 0 fully saturated rings. The van der Waals surface area contributed by atoms with Gasteiger partial charge in [0.15, 0.2) is 0 Å². The van der Waals surface area contributed by atoms with Gasteiger partial charge in [-0.2, -0.15) is 5.10 Å². The van der Waals surface area contributed by atoms with Gasteiger partial charge in [-0.05, 0) is 18.9 Å². The lowest BCUT2D eigenvalue weighted by atomic mass is 10.2. The molecule has 0 aliphatic rings. The Kier molecular flexibility index (Phi) is 6.11. The van der Waals surface area contributed by atoms with Crippen molar-refractivity contribution < 1.29 is 24.4 Å². The van der Waals surface area contributed by atoms with E-state index >= 15 is 0 Å². The molecular formula is C17H20N4O6. The molecule has 0 saturated heterocycles. The molecule has 1 unspecified atom stereocenters. The Hall–Kier alpha value is -3.43. The average Bonchev–Trinajstić information content (AvgIpc) is 2.91. The van der Waals surface area contributed by atoms with Crippen molar-refractivity contribution >= 4 is 23.6 Å². The maximum atomic E-state index is 12.7. The van der Waals surface area contributed by atoms with Gasteiger partial charge in [-0.25, -0.2) is 19.2 Å². The molecule has 1 heterocycles. The molecule has 2 aromatic rings. The van der Waals surface area contributed by atoms with Gasteiger partial charge < -0.3 is 9.84 Å². The van der Waals surface area contributed by atoms with Crippen LogP contribution in [0.15, 0.2) is 30.3 Å². The third kappa shape index (κ3) is 4.22. The summed E-state index contributed by atoms with van der Waals surface area (Å²) in [5, 5.41) is 24.9. The smallest absolute Gasteiger partial charge is 0.416 e. The second-order valence-corrected chi connectivity index (χ2v) is 5.81. The minimum Gasteiger partial charge on any atom is -0.480 e. The summed E-state index contributed by atoms with van der Waals surface area (Å²) in [6, 6.07) is 7.47. The number of hydrogen-bond donors (Lipinski definition) is 1. The van der Waals surface area contributed by atoms with Crippen molar-refractivity contribution in [1.82, 2.24) is 9.78 Å². The third-order valence-corrected chi connectivity index (χ3v) is 3.96. The zero-order valence-electron chi connectivity index (χ0n) is 15.2. The van der Waals surface area contributed by atoms with Crippen LogP contribution >= 0.6 is 0 Å². The summed E-state index contributed by atoms with van der Waals surface area (Å²) in [6.45, 7) is 2.87. The lowest BCUT2D eigenvalue weighted by molar-refractivity contribution is -0.384. The number of carbonyl (C=O) groups excluding carboxylic acids is 1. The highest BCUT2D eigenvalue weighted by molar-refractivity contribution is 5.96. The topological polar surface area (TPSA) is 128 Å². The minimum absolute atomic E-state index is 0.0250. The van der Waals surface area contributed by atoms with Crippen molar-refractivity contribution in [3.05, 3.63) is 51.7 Å². The lowest BCUT2D eigenvalue weighted by Gasteiger charge is -2.26. The zero-order chi connectivity index (χ0) is 20.1. The Labute approximate surface area is 155 Å². The number of aryl methyl sites for hydroxylation is 2. The maximum absolute atomic E-state index is 12.7. The van der Waals surface area contributed by atoms with Crippen molar-refractivity contribution in [1.29, 1.82) is 0 Å². The van der Waals surface area contributed by atoms with Crippen LogP contribution in [0.2, 0.25) is 0 Å². The number of carboxylic acid groups (broad SMARTS) is 1. The number of carboxylic acids is 1. The van der Waals surface area contributed by atoms with Gasteiger partial charge >= 0.3 is 17.7 Å². The van der Waals surface area contributed by atoms with Crippen LogP contribution in [0.1, 0.15) is 24.6 Å². The number of benzene rings is 1. The number of aromatic nitrogens is 2. The van der Waals surface area contributed by atoms with Crippen molar-refractivity contribution in [2.24, 2.45) is 7.05 Å². The molecule has 0 radical (unpaired) electrons. The number of carbonyl (C=O) groups is 2. The molecule has 0 aliphatic heterocycles. The number of ether oxygens (including phenoxy) is 1. The number of hydrogen-bond acceptors (Lipinski definition) is 6. The largest absolute Gasteiger partial charge is 0.480 e. The van der Waals surface area contributed by atoms with Crippen LogP contribution in [0.4, 0.5) is 16.3 Å². The highest BCUT2D eigenvalue weighted by Gasteiger charge is 2.39. The summed E-state index contributed by atoms with van der Waals surface area (Å²) in [5.41, 5.74) is 0.331. The molecule has 1 N–H and O–H groups in total. The summed E-state index contributed by atoms with van der Waals surface area (Å²) in [7, 11) is 1.40. The Morgan fingerprint density at radius 3 is 2.52 bits per heavy atom. The fraction of sp³-hybridized carbons (Fsp3) is 0.353. The molecule has 1 aromatic heterocycles. The monoisotopic (exact) mass is 376 g/mol. The van der Waals surface area contributed by atoms with Crippen LogP contribution in [0, 0.1) is 17.0 Å². The van der Waals surface area contributed by atoms with Crippen LogP contribution in [0.5, 0.6) is 0 Å². The van der Waals surface area contributed by atoms with Crippen LogP contribution < -0.4 is 4.90 Å². The van der Waals surface area contributed by atoms with E-state index in [2.05, 4.69) is 5.10 Å². The number of nitro groups is 1. The molecule has 0 spiro atoms. The first kappa shape index (κ1) is 19.9. The van der Waals surface area contributed by atoms with Gasteiger partial charge in [-0.3, -0.25) is 10.1 Å². The van der Waals surface area contributed by atoms with Gasteiger partial charge in [0.2, 0.25) is 5.82 Å². The molecule has 1 aromatic carbocycles. The van der Waals surface area contributed by atoms with Crippen molar-refractivity contribution in [3.63, 3.8) is 0 Å². The summed E-state index contributed by atoms with van der Waals surface area (Å²) in [6.07, 6.45) is -0.976. The lowest BCUT2D eigenvalue weighted by Crippen LogP contribution is -2.46. The molecule has 2 rings (SSSR count). The molecular weight excluding hydrogens is 356 g/mol. The average molecular weight is 376 g/mol. The third-order valence-electron chi connectivity index (χ3n) is 3.96. The van der Waals surface area contributed by atoms with E-state index in [-0.39, 0.29) is 24.5 Å². The second kappa shape index (κ2) is 8.30. The Morgan fingerprint density at radius 1 is 1.37 bits per heavy atom. The van der Waals surface area contributed by atoms with Crippen molar-refractivity contribution in [2.45, 2.75) is 32.9 Å². The number of aliphatic carboxylic acids is 1. The Bertz CT molecular complexity index is 849. The fourth-order valence-electron chi connectivity index (χ4n) is 2.74. The van der Waals surface area contributed by atoms with Gasteiger partial charge in [0.25, 0.3) is 0 Å². The van der Waals surface area contributed by atoms with E-state index in [0.29, 0.717) is 5.56 Å². The first-order valence-corrected chi connectivity index (χ1v) is 8.18. The molecule has 1 atom stereocenters. The van der Waals surface area contributed by atoms with E-state index in [4.69, 9.17) is 4.74 Å². The van der Waals surface area contributed by atoms with E-state index in [1.807, 2.05) is 0 Å². The predicted molar refractivity (Wildman–Crippen MR) is 95.4 cm³/mol. The van der Waals surface area contributed by atoms with Crippen LogP contribution in [-0.4, -0.2) is 37.9 Å². The fourth-order valence-corrected chi connectivity index (χ4v) is 2.74. The summed E-state index contributed by atoms with van der Waals surface area (Å²) in [5.74, 6) is -1.54. The highest BCUT2D eigenvalue weighted by Crippen LogP contribution is 2.33. The van der Waals surface area contributed by atoms with Crippen molar-refractivity contribution in [3.8, 4) is 0 Å². The van der Waals surface area contributed by atoms with Gasteiger partial charge in [0.05, 0.1) is 4.92 Å².